The molecule has 1 saturated heterocycles. The van der Waals surface area contributed by atoms with Gasteiger partial charge in [-0.05, 0) is 25.8 Å². The van der Waals surface area contributed by atoms with Crippen LogP contribution in [0.4, 0.5) is 0 Å². The Labute approximate surface area is 91.5 Å². The van der Waals surface area contributed by atoms with Gasteiger partial charge in [0.15, 0.2) is 0 Å². The van der Waals surface area contributed by atoms with E-state index in [0.717, 1.165) is 39.0 Å². The maximum absolute atomic E-state index is 11.2. The summed E-state index contributed by atoms with van der Waals surface area (Å²) in [4.78, 5) is 13.5. The van der Waals surface area contributed by atoms with Gasteiger partial charge >= 0.3 is 5.97 Å². The standard InChI is InChI=1S/C11H21NO3/c1-3-6-12(9-11(13)14-2)10-4-7-15-8-5-10/h10H,3-9H2,1-2H3. The van der Waals surface area contributed by atoms with Gasteiger partial charge in [-0.25, -0.2) is 0 Å². The van der Waals surface area contributed by atoms with Crippen LogP contribution in [0.5, 0.6) is 0 Å². The molecule has 4 heteroatoms. The van der Waals surface area contributed by atoms with Gasteiger partial charge in [-0.1, -0.05) is 6.92 Å². The number of methoxy groups -OCH3 is 1. The van der Waals surface area contributed by atoms with Crippen molar-refractivity contribution in [2.24, 2.45) is 0 Å². The first-order chi connectivity index (χ1) is 7.27. The van der Waals surface area contributed by atoms with E-state index in [2.05, 4.69) is 11.8 Å². The first-order valence-electron chi connectivity index (χ1n) is 5.66. The summed E-state index contributed by atoms with van der Waals surface area (Å²) >= 11 is 0. The highest BCUT2D eigenvalue weighted by atomic mass is 16.5. The normalized spacial score (nSPS) is 18.1. The average molecular weight is 215 g/mol. The zero-order chi connectivity index (χ0) is 11.1. The van der Waals surface area contributed by atoms with Crippen LogP contribution in [0.15, 0.2) is 0 Å². The highest BCUT2D eigenvalue weighted by Crippen LogP contribution is 2.14. The monoisotopic (exact) mass is 215 g/mol. The number of hydrogen-bond acceptors (Lipinski definition) is 4. The van der Waals surface area contributed by atoms with Crippen LogP contribution in [0.1, 0.15) is 26.2 Å². The predicted molar refractivity (Wildman–Crippen MR) is 57.7 cm³/mol. The third-order valence-electron chi connectivity index (χ3n) is 2.78. The van der Waals surface area contributed by atoms with E-state index in [9.17, 15) is 4.79 Å². The third-order valence-corrected chi connectivity index (χ3v) is 2.78. The van der Waals surface area contributed by atoms with Crippen molar-refractivity contribution in [3.8, 4) is 0 Å². The minimum Gasteiger partial charge on any atom is -0.468 e. The second-order valence-electron chi connectivity index (χ2n) is 3.89. The highest BCUT2D eigenvalue weighted by Gasteiger charge is 2.22. The third kappa shape index (κ3) is 4.18. The van der Waals surface area contributed by atoms with Gasteiger partial charge in [0.2, 0.25) is 0 Å². The van der Waals surface area contributed by atoms with Crippen LogP contribution in [0.3, 0.4) is 0 Å². The van der Waals surface area contributed by atoms with Crippen LogP contribution in [0.2, 0.25) is 0 Å². The minimum absolute atomic E-state index is 0.144. The second-order valence-corrected chi connectivity index (χ2v) is 3.89. The Morgan fingerprint density at radius 3 is 2.67 bits per heavy atom. The number of nitrogens with zero attached hydrogens (tertiary/aromatic N) is 1. The molecule has 1 heterocycles. The molecule has 0 aliphatic carbocycles. The molecule has 0 unspecified atom stereocenters. The van der Waals surface area contributed by atoms with Crippen molar-refractivity contribution < 1.29 is 14.3 Å². The molecule has 0 aromatic heterocycles. The Kier molecular flexibility index (Phi) is 5.65. The number of esters is 1. The Morgan fingerprint density at radius 2 is 2.13 bits per heavy atom. The summed E-state index contributed by atoms with van der Waals surface area (Å²) in [5.41, 5.74) is 0. The smallest absolute Gasteiger partial charge is 0.319 e. The molecule has 0 saturated carbocycles. The summed E-state index contributed by atoms with van der Waals surface area (Å²) in [7, 11) is 1.44. The summed E-state index contributed by atoms with van der Waals surface area (Å²) in [6, 6.07) is 0.484. The molecule has 15 heavy (non-hydrogen) atoms. The number of rotatable bonds is 5. The van der Waals surface area contributed by atoms with Gasteiger partial charge in [-0.3, -0.25) is 9.69 Å². The lowest BCUT2D eigenvalue weighted by Gasteiger charge is -2.33. The zero-order valence-electron chi connectivity index (χ0n) is 9.70. The van der Waals surface area contributed by atoms with E-state index < -0.39 is 0 Å². The molecular formula is C11H21NO3. The summed E-state index contributed by atoms with van der Waals surface area (Å²) in [5, 5.41) is 0. The van der Waals surface area contributed by atoms with Crippen LogP contribution in [0.25, 0.3) is 0 Å². The van der Waals surface area contributed by atoms with Gasteiger partial charge in [-0.15, -0.1) is 0 Å². The van der Waals surface area contributed by atoms with Crippen molar-refractivity contribution in [1.82, 2.24) is 4.90 Å². The van der Waals surface area contributed by atoms with E-state index in [4.69, 9.17) is 9.47 Å². The second kappa shape index (κ2) is 6.80. The van der Waals surface area contributed by atoms with Crippen LogP contribution < -0.4 is 0 Å². The van der Waals surface area contributed by atoms with Gasteiger partial charge in [-0.2, -0.15) is 0 Å². The fourth-order valence-corrected chi connectivity index (χ4v) is 1.96. The maximum atomic E-state index is 11.2. The van der Waals surface area contributed by atoms with Crippen molar-refractivity contribution in [3.63, 3.8) is 0 Å². The fourth-order valence-electron chi connectivity index (χ4n) is 1.96. The maximum Gasteiger partial charge on any atom is 0.319 e. The van der Waals surface area contributed by atoms with Crippen LogP contribution in [-0.2, 0) is 14.3 Å². The molecule has 0 atom stereocenters. The molecule has 0 amide bonds. The first-order valence-corrected chi connectivity index (χ1v) is 5.66. The molecule has 0 N–H and O–H groups in total. The van der Waals surface area contributed by atoms with Crippen molar-refractivity contribution >= 4 is 5.97 Å². The molecule has 1 aliphatic heterocycles. The quantitative estimate of drug-likeness (QED) is 0.643. The lowest BCUT2D eigenvalue weighted by molar-refractivity contribution is -0.143. The van der Waals surface area contributed by atoms with Gasteiger partial charge in [0.25, 0.3) is 0 Å². The van der Waals surface area contributed by atoms with E-state index in [-0.39, 0.29) is 5.97 Å². The number of carbonyl (C=O) groups excluding carboxylic acids is 1. The molecule has 4 nitrogen and oxygen atoms in total. The summed E-state index contributed by atoms with van der Waals surface area (Å²) < 4.78 is 10.0. The van der Waals surface area contributed by atoms with Crippen LogP contribution >= 0.6 is 0 Å². The van der Waals surface area contributed by atoms with Gasteiger partial charge in [0.05, 0.1) is 13.7 Å². The summed E-state index contributed by atoms with van der Waals surface area (Å²) in [6.45, 7) is 5.12. The van der Waals surface area contributed by atoms with Gasteiger partial charge in [0, 0.05) is 19.3 Å². The Balaban J connectivity index is 2.43. The van der Waals surface area contributed by atoms with Crippen LogP contribution in [0, 0.1) is 0 Å². The Hall–Kier alpha value is -0.610. The molecule has 0 spiro atoms. The Bertz CT molecular complexity index is 190. The molecule has 88 valence electrons. The van der Waals surface area contributed by atoms with Crippen molar-refractivity contribution in [3.05, 3.63) is 0 Å². The molecule has 1 aliphatic rings. The highest BCUT2D eigenvalue weighted by molar-refractivity contribution is 5.71. The minimum atomic E-state index is -0.144. The van der Waals surface area contributed by atoms with Crippen LogP contribution in [-0.4, -0.2) is 50.3 Å². The van der Waals surface area contributed by atoms with E-state index in [1.807, 2.05) is 0 Å². The first kappa shape index (κ1) is 12.5. The predicted octanol–water partition coefficient (Wildman–Crippen LogP) is 1.05. The molecule has 0 bridgehead atoms. The van der Waals surface area contributed by atoms with E-state index in [0.29, 0.717) is 12.6 Å². The topological polar surface area (TPSA) is 38.8 Å². The van der Waals surface area contributed by atoms with Gasteiger partial charge in [0.1, 0.15) is 0 Å². The molecule has 0 aromatic rings. The molecule has 1 fully saturated rings. The summed E-state index contributed by atoms with van der Waals surface area (Å²) in [6.07, 6.45) is 3.11. The number of hydrogen-bond donors (Lipinski definition) is 0. The van der Waals surface area contributed by atoms with E-state index in [1.54, 1.807) is 0 Å². The largest absolute Gasteiger partial charge is 0.468 e. The lowest BCUT2D eigenvalue weighted by atomic mass is 10.1. The van der Waals surface area contributed by atoms with Crippen molar-refractivity contribution in [2.75, 3.05) is 33.4 Å². The van der Waals surface area contributed by atoms with Gasteiger partial charge < -0.3 is 9.47 Å². The Morgan fingerprint density at radius 1 is 1.47 bits per heavy atom. The van der Waals surface area contributed by atoms with Crippen molar-refractivity contribution in [1.29, 1.82) is 0 Å². The average Bonchev–Trinajstić information content (AvgIpc) is 2.29. The van der Waals surface area contributed by atoms with E-state index in [1.165, 1.54) is 7.11 Å². The number of ether oxygens (including phenoxy) is 2. The molecule has 1 rings (SSSR count). The molecule has 0 radical (unpaired) electrons. The number of carbonyl (C=O) groups is 1. The molecular weight excluding hydrogens is 194 g/mol. The SMILES string of the molecule is CCCN(CC(=O)OC)C1CCOCC1. The van der Waals surface area contributed by atoms with Crippen molar-refractivity contribution in [2.45, 2.75) is 32.2 Å². The zero-order valence-corrected chi connectivity index (χ0v) is 9.70. The molecule has 0 aromatic carbocycles. The van der Waals surface area contributed by atoms with E-state index >= 15 is 0 Å². The fraction of sp³-hybridized carbons (Fsp3) is 0.909. The summed E-state index contributed by atoms with van der Waals surface area (Å²) in [5.74, 6) is -0.144. The lowest BCUT2D eigenvalue weighted by Crippen LogP contribution is -2.43.